The van der Waals surface area contributed by atoms with E-state index in [-0.39, 0.29) is 30.2 Å². The van der Waals surface area contributed by atoms with Crippen LogP contribution in [0.5, 0.6) is 5.75 Å². The van der Waals surface area contributed by atoms with Gasteiger partial charge >= 0.3 is 0 Å². The molecule has 8 heteroatoms. The maximum Gasteiger partial charge on any atom is 0.271 e. The van der Waals surface area contributed by atoms with Gasteiger partial charge in [-0.15, -0.1) is 0 Å². The van der Waals surface area contributed by atoms with Gasteiger partial charge in [-0.1, -0.05) is 18.2 Å². The number of fused-ring (bicyclic) bond motifs is 1. The molecule has 0 unspecified atom stereocenters. The number of rotatable bonds is 6. The van der Waals surface area contributed by atoms with E-state index in [1.807, 2.05) is 0 Å². The standard InChI is InChI=1S/C21H16F2N4O2/c22-17-5-2-1-4-14(17)13-29-16-6-7-18(23)15(10-16)11-25-20(28)19-12-27-9-3-8-24-21(27)26-19/h1-10,12H,11,13H2,(H,25,28). The van der Waals surface area contributed by atoms with Crippen molar-refractivity contribution in [3.63, 3.8) is 0 Å². The van der Waals surface area contributed by atoms with Crippen molar-refractivity contribution in [2.45, 2.75) is 13.2 Å². The number of hydrogen-bond donors (Lipinski definition) is 1. The van der Waals surface area contributed by atoms with E-state index in [0.29, 0.717) is 17.1 Å². The van der Waals surface area contributed by atoms with Crippen LogP contribution in [0.3, 0.4) is 0 Å². The number of nitrogens with one attached hydrogen (secondary N) is 1. The van der Waals surface area contributed by atoms with Crippen molar-refractivity contribution < 1.29 is 18.3 Å². The molecule has 0 saturated heterocycles. The monoisotopic (exact) mass is 394 g/mol. The highest BCUT2D eigenvalue weighted by Crippen LogP contribution is 2.19. The largest absolute Gasteiger partial charge is 0.489 e. The molecule has 6 nitrogen and oxygen atoms in total. The summed E-state index contributed by atoms with van der Waals surface area (Å²) in [6.45, 7) is -0.0405. The minimum Gasteiger partial charge on any atom is -0.489 e. The Morgan fingerprint density at radius 3 is 2.72 bits per heavy atom. The van der Waals surface area contributed by atoms with Crippen LogP contribution in [0.1, 0.15) is 21.6 Å². The molecule has 0 spiro atoms. The van der Waals surface area contributed by atoms with Crippen LogP contribution >= 0.6 is 0 Å². The van der Waals surface area contributed by atoms with E-state index in [4.69, 9.17) is 4.74 Å². The number of nitrogens with zero attached hydrogens (tertiary/aromatic N) is 3. The molecule has 0 aliphatic heterocycles. The van der Waals surface area contributed by atoms with Gasteiger partial charge in [0.1, 0.15) is 29.7 Å². The Balaban J connectivity index is 1.42. The van der Waals surface area contributed by atoms with E-state index in [9.17, 15) is 13.6 Å². The minimum absolute atomic E-state index is 0.0123. The SMILES string of the molecule is O=C(NCc1cc(OCc2ccccc2F)ccc1F)c1cn2cccnc2n1. The van der Waals surface area contributed by atoms with E-state index >= 15 is 0 Å². The number of carbonyl (C=O) groups excluding carboxylic acids is 1. The first-order valence-corrected chi connectivity index (χ1v) is 8.83. The van der Waals surface area contributed by atoms with E-state index in [2.05, 4.69) is 15.3 Å². The van der Waals surface area contributed by atoms with Crippen LogP contribution < -0.4 is 10.1 Å². The second-order valence-electron chi connectivity index (χ2n) is 6.27. The molecule has 0 radical (unpaired) electrons. The van der Waals surface area contributed by atoms with Gasteiger partial charge in [-0.25, -0.2) is 18.7 Å². The highest BCUT2D eigenvalue weighted by Gasteiger charge is 2.13. The molecule has 0 fully saturated rings. The van der Waals surface area contributed by atoms with Crippen LogP contribution in [-0.2, 0) is 13.2 Å². The first-order valence-electron chi connectivity index (χ1n) is 8.83. The van der Waals surface area contributed by atoms with Crippen LogP contribution in [0.25, 0.3) is 5.78 Å². The lowest BCUT2D eigenvalue weighted by atomic mass is 10.2. The topological polar surface area (TPSA) is 68.5 Å². The Morgan fingerprint density at radius 1 is 1.07 bits per heavy atom. The Bertz CT molecular complexity index is 1140. The molecular formula is C21H16F2N4O2. The molecule has 1 N–H and O–H groups in total. The van der Waals surface area contributed by atoms with Crippen molar-refractivity contribution in [3.8, 4) is 5.75 Å². The summed E-state index contributed by atoms with van der Waals surface area (Å²) in [6, 6.07) is 12.2. The van der Waals surface area contributed by atoms with E-state index in [1.54, 1.807) is 47.3 Å². The number of benzene rings is 2. The van der Waals surface area contributed by atoms with Crippen LogP contribution in [0.2, 0.25) is 0 Å². The van der Waals surface area contributed by atoms with Crippen molar-refractivity contribution in [1.29, 1.82) is 0 Å². The molecule has 0 aliphatic rings. The lowest BCUT2D eigenvalue weighted by molar-refractivity contribution is 0.0946. The number of amides is 1. The number of halogens is 2. The average Bonchev–Trinajstić information content (AvgIpc) is 3.17. The summed E-state index contributed by atoms with van der Waals surface area (Å²) in [5.74, 6) is -0.542. The average molecular weight is 394 g/mol. The fourth-order valence-electron chi connectivity index (χ4n) is 2.76. The van der Waals surface area contributed by atoms with Gasteiger partial charge in [-0.3, -0.25) is 9.20 Å². The van der Waals surface area contributed by atoms with E-state index in [1.165, 1.54) is 24.3 Å². The second-order valence-corrected chi connectivity index (χ2v) is 6.27. The Labute approximate surface area is 164 Å². The summed E-state index contributed by atoms with van der Waals surface area (Å²) in [7, 11) is 0. The van der Waals surface area contributed by atoms with Gasteiger partial charge in [-0.2, -0.15) is 0 Å². The number of ether oxygens (including phenoxy) is 1. The minimum atomic E-state index is -0.486. The number of hydrogen-bond acceptors (Lipinski definition) is 4. The second kappa shape index (κ2) is 8.05. The fourth-order valence-corrected chi connectivity index (χ4v) is 2.76. The first kappa shape index (κ1) is 18.5. The lowest BCUT2D eigenvalue weighted by Crippen LogP contribution is -2.23. The van der Waals surface area contributed by atoms with E-state index < -0.39 is 11.7 Å². The molecule has 2 aromatic heterocycles. The zero-order valence-corrected chi connectivity index (χ0v) is 15.2. The fraction of sp³-hybridized carbons (Fsp3) is 0.0952. The molecule has 0 atom stereocenters. The highest BCUT2D eigenvalue weighted by molar-refractivity contribution is 5.92. The van der Waals surface area contributed by atoms with Crippen molar-refractivity contribution in [2.24, 2.45) is 0 Å². The van der Waals surface area contributed by atoms with Gasteiger partial charge in [0.05, 0.1) is 0 Å². The van der Waals surface area contributed by atoms with Gasteiger partial charge in [0.2, 0.25) is 5.78 Å². The van der Waals surface area contributed by atoms with Gasteiger partial charge in [0.15, 0.2) is 0 Å². The molecule has 2 aromatic carbocycles. The van der Waals surface area contributed by atoms with Crippen molar-refractivity contribution >= 4 is 11.7 Å². The molecule has 0 aliphatic carbocycles. The summed E-state index contributed by atoms with van der Waals surface area (Å²) >= 11 is 0. The summed E-state index contributed by atoms with van der Waals surface area (Å²) in [5.41, 5.74) is 0.814. The normalized spacial score (nSPS) is 10.8. The molecule has 0 saturated carbocycles. The Hall–Kier alpha value is -3.81. The molecular weight excluding hydrogens is 378 g/mol. The van der Waals surface area contributed by atoms with Gasteiger partial charge in [0.25, 0.3) is 5.91 Å². The third kappa shape index (κ3) is 4.21. The van der Waals surface area contributed by atoms with Gasteiger partial charge in [-0.05, 0) is 30.3 Å². The van der Waals surface area contributed by atoms with Crippen molar-refractivity contribution in [1.82, 2.24) is 19.7 Å². The number of imidazole rings is 1. The zero-order valence-electron chi connectivity index (χ0n) is 15.2. The molecule has 4 aromatic rings. The lowest BCUT2D eigenvalue weighted by Gasteiger charge is -2.10. The molecule has 0 bridgehead atoms. The van der Waals surface area contributed by atoms with Gasteiger partial charge in [0, 0.05) is 36.3 Å². The Morgan fingerprint density at radius 2 is 1.90 bits per heavy atom. The third-order valence-electron chi connectivity index (χ3n) is 4.28. The predicted octanol–water partition coefficient (Wildman–Crippen LogP) is 3.52. The summed E-state index contributed by atoms with van der Waals surface area (Å²) in [5, 5.41) is 2.63. The number of aromatic nitrogens is 3. The molecule has 146 valence electrons. The zero-order chi connectivity index (χ0) is 20.2. The molecule has 1 amide bonds. The maximum absolute atomic E-state index is 14.1. The summed E-state index contributed by atoms with van der Waals surface area (Å²) in [4.78, 5) is 20.5. The smallest absolute Gasteiger partial charge is 0.271 e. The predicted molar refractivity (Wildman–Crippen MR) is 101 cm³/mol. The quantitative estimate of drug-likeness (QED) is 0.543. The maximum atomic E-state index is 14.1. The van der Waals surface area contributed by atoms with Gasteiger partial charge < -0.3 is 10.1 Å². The highest BCUT2D eigenvalue weighted by atomic mass is 19.1. The number of carbonyl (C=O) groups is 1. The van der Waals surface area contributed by atoms with Crippen LogP contribution in [0.15, 0.2) is 67.1 Å². The summed E-state index contributed by atoms with van der Waals surface area (Å²) < 4.78 is 35.0. The van der Waals surface area contributed by atoms with E-state index in [0.717, 1.165) is 0 Å². The first-order chi connectivity index (χ1) is 14.1. The van der Waals surface area contributed by atoms with Crippen LogP contribution in [0, 0.1) is 11.6 Å². The van der Waals surface area contributed by atoms with Crippen molar-refractivity contribution in [2.75, 3.05) is 0 Å². The van der Waals surface area contributed by atoms with Crippen molar-refractivity contribution in [3.05, 3.63) is 95.6 Å². The third-order valence-corrected chi connectivity index (χ3v) is 4.28. The Kier molecular flexibility index (Phi) is 5.15. The molecule has 4 rings (SSSR count). The molecule has 2 heterocycles. The molecule has 29 heavy (non-hydrogen) atoms. The van der Waals surface area contributed by atoms with Crippen LogP contribution in [-0.4, -0.2) is 20.3 Å². The summed E-state index contributed by atoms with van der Waals surface area (Å²) in [6.07, 6.45) is 4.84. The van der Waals surface area contributed by atoms with Crippen LogP contribution in [0.4, 0.5) is 8.78 Å².